The molecule has 0 bridgehead atoms. The van der Waals surface area contributed by atoms with E-state index in [-0.39, 0.29) is 0 Å². The molecule has 10 heteroatoms. The molecule has 0 spiro atoms. The third kappa shape index (κ3) is 5.43. The number of fused-ring (bicyclic) bond motifs is 2. The van der Waals surface area contributed by atoms with E-state index >= 15 is 0 Å². The predicted molar refractivity (Wildman–Crippen MR) is 191 cm³/mol. The van der Waals surface area contributed by atoms with E-state index in [0.717, 1.165) is 75.7 Å². The van der Waals surface area contributed by atoms with Gasteiger partial charge in [-0.2, -0.15) is 10.2 Å². The minimum absolute atomic E-state index is 0.818. The zero-order valence-corrected chi connectivity index (χ0v) is 28.0. The maximum atomic E-state index is 5.19. The standard InChI is InChI=1S/C37H32N8S2/c1-4-24-21-40-45(36(24)32-17-27-19-38-15-13-30(27)46-32)35-12-11-25(29(5-2)43-35)9-10-26-22-41-44(34-8-6-7-23(3)42-34)37(26)33-18-28-20-39-16-14-31(28)47-33/h6-8,11-22H,4-5,9-10H2,1-3H3. The summed E-state index contributed by atoms with van der Waals surface area (Å²) in [5.74, 6) is 1.66. The summed E-state index contributed by atoms with van der Waals surface area (Å²) < 4.78 is 6.41. The lowest BCUT2D eigenvalue weighted by Gasteiger charge is -2.12. The fourth-order valence-corrected chi connectivity index (χ4v) is 8.36. The Labute approximate surface area is 280 Å². The Morgan fingerprint density at radius 1 is 0.617 bits per heavy atom. The van der Waals surface area contributed by atoms with Crippen LogP contribution in [0.3, 0.4) is 0 Å². The highest BCUT2D eigenvalue weighted by atomic mass is 32.1. The van der Waals surface area contributed by atoms with Crippen molar-refractivity contribution >= 4 is 42.8 Å². The van der Waals surface area contributed by atoms with Crippen LogP contribution in [0.4, 0.5) is 0 Å². The third-order valence-corrected chi connectivity index (χ3v) is 10.8. The Morgan fingerprint density at radius 2 is 1.23 bits per heavy atom. The van der Waals surface area contributed by atoms with Gasteiger partial charge in [-0.3, -0.25) is 9.97 Å². The van der Waals surface area contributed by atoms with Crippen molar-refractivity contribution in [2.45, 2.75) is 46.5 Å². The summed E-state index contributed by atoms with van der Waals surface area (Å²) in [6.07, 6.45) is 14.9. The predicted octanol–water partition coefficient (Wildman–Crippen LogP) is 8.62. The third-order valence-electron chi connectivity index (χ3n) is 8.53. The lowest BCUT2D eigenvalue weighted by molar-refractivity contribution is 0.823. The van der Waals surface area contributed by atoms with Crippen LogP contribution in [-0.4, -0.2) is 39.5 Å². The van der Waals surface area contributed by atoms with E-state index in [9.17, 15) is 0 Å². The Kier molecular flexibility index (Phi) is 7.67. The smallest absolute Gasteiger partial charge is 0.154 e. The zero-order valence-electron chi connectivity index (χ0n) is 26.4. The van der Waals surface area contributed by atoms with Crippen LogP contribution in [0.25, 0.3) is 53.0 Å². The summed E-state index contributed by atoms with van der Waals surface area (Å²) in [5.41, 5.74) is 7.86. The first-order valence-corrected chi connectivity index (χ1v) is 17.5. The molecular formula is C37H32N8S2. The molecule has 0 N–H and O–H groups in total. The molecule has 0 atom stereocenters. The van der Waals surface area contributed by atoms with Crippen molar-refractivity contribution in [3.63, 3.8) is 0 Å². The Balaban J connectivity index is 1.14. The van der Waals surface area contributed by atoms with Crippen LogP contribution in [0.1, 0.15) is 41.9 Å². The molecule has 232 valence electrons. The van der Waals surface area contributed by atoms with Crippen molar-refractivity contribution < 1.29 is 0 Å². The molecule has 0 aliphatic heterocycles. The summed E-state index contributed by atoms with van der Waals surface area (Å²) in [7, 11) is 0. The van der Waals surface area contributed by atoms with Crippen molar-refractivity contribution in [1.29, 1.82) is 0 Å². The molecule has 0 unspecified atom stereocenters. The summed E-state index contributed by atoms with van der Waals surface area (Å²) in [6, 6.07) is 19.0. The van der Waals surface area contributed by atoms with Crippen LogP contribution >= 0.6 is 22.7 Å². The van der Waals surface area contributed by atoms with Crippen molar-refractivity contribution in [2.24, 2.45) is 0 Å². The molecule has 8 aromatic heterocycles. The molecule has 8 rings (SSSR count). The maximum absolute atomic E-state index is 5.19. The molecule has 0 aromatic carbocycles. The first kappa shape index (κ1) is 29.3. The van der Waals surface area contributed by atoms with Crippen LogP contribution in [0, 0.1) is 6.92 Å². The molecule has 0 amide bonds. The van der Waals surface area contributed by atoms with Crippen LogP contribution in [0.5, 0.6) is 0 Å². The molecule has 8 aromatic rings. The maximum Gasteiger partial charge on any atom is 0.154 e. The van der Waals surface area contributed by atoms with Gasteiger partial charge < -0.3 is 0 Å². The van der Waals surface area contributed by atoms with Gasteiger partial charge in [-0.1, -0.05) is 26.0 Å². The van der Waals surface area contributed by atoms with E-state index in [1.807, 2.05) is 71.7 Å². The lowest BCUT2D eigenvalue weighted by atomic mass is 10.0. The summed E-state index contributed by atoms with van der Waals surface area (Å²) >= 11 is 3.53. The van der Waals surface area contributed by atoms with Crippen LogP contribution < -0.4 is 0 Å². The number of nitrogens with zero attached hydrogens (tertiary/aromatic N) is 8. The largest absolute Gasteiger partial charge is 0.264 e. The molecule has 47 heavy (non-hydrogen) atoms. The van der Waals surface area contributed by atoms with Crippen molar-refractivity contribution in [3.8, 4) is 32.8 Å². The fourth-order valence-electron chi connectivity index (χ4n) is 6.17. The van der Waals surface area contributed by atoms with Gasteiger partial charge in [0.05, 0.1) is 33.5 Å². The van der Waals surface area contributed by atoms with Crippen LogP contribution in [-0.2, 0) is 25.7 Å². The van der Waals surface area contributed by atoms with E-state index in [1.165, 1.54) is 31.0 Å². The van der Waals surface area contributed by atoms with E-state index < -0.39 is 0 Å². The van der Waals surface area contributed by atoms with Gasteiger partial charge in [0.15, 0.2) is 11.6 Å². The quantitative estimate of drug-likeness (QED) is 0.155. The second-order valence-corrected chi connectivity index (χ2v) is 13.7. The van der Waals surface area contributed by atoms with Gasteiger partial charge in [0, 0.05) is 56.3 Å². The van der Waals surface area contributed by atoms with Gasteiger partial charge in [0.1, 0.15) is 0 Å². The Bertz CT molecular complexity index is 2310. The normalized spacial score (nSPS) is 11.6. The van der Waals surface area contributed by atoms with Crippen molar-refractivity contribution in [2.75, 3.05) is 0 Å². The second-order valence-electron chi connectivity index (χ2n) is 11.5. The number of aryl methyl sites for hydroxylation is 5. The SMILES string of the molecule is CCc1cnn(-c2ccc(CCc3cnn(-c4cccc(C)n4)c3-c3cc4cnccc4s3)c(CC)n2)c1-c1cc2cnccc2s1. The van der Waals surface area contributed by atoms with E-state index in [4.69, 9.17) is 20.2 Å². The number of thiophene rings is 2. The molecule has 0 saturated carbocycles. The van der Waals surface area contributed by atoms with Crippen molar-refractivity contribution in [1.82, 2.24) is 39.5 Å². The molecule has 8 nitrogen and oxygen atoms in total. The Hall–Kier alpha value is -5.06. The molecule has 0 radical (unpaired) electrons. The number of pyridine rings is 4. The number of aromatic nitrogens is 8. The summed E-state index contributed by atoms with van der Waals surface area (Å²) in [5, 5.41) is 12.0. The Morgan fingerprint density at radius 3 is 1.85 bits per heavy atom. The summed E-state index contributed by atoms with van der Waals surface area (Å²) in [4.78, 5) is 21.0. The monoisotopic (exact) mass is 652 g/mol. The van der Waals surface area contributed by atoms with Gasteiger partial charge in [-0.25, -0.2) is 19.3 Å². The van der Waals surface area contributed by atoms with Crippen molar-refractivity contribution in [3.05, 3.63) is 120 Å². The highest BCUT2D eigenvalue weighted by Gasteiger charge is 2.20. The average molecular weight is 653 g/mol. The first-order chi connectivity index (χ1) is 23.1. The first-order valence-electron chi connectivity index (χ1n) is 15.8. The number of hydrogen-bond donors (Lipinski definition) is 0. The molecule has 0 saturated heterocycles. The molecule has 0 aliphatic rings. The zero-order chi connectivity index (χ0) is 31.9. The minimum atomic E-state index is 0.818. The van der Waals surface area contributed by atoms with E-state index in [1.54, 1.807) is 22.7 Å². The minimum Gasteiger partial charge on any atom is -0.264 e. The topological polar surface area (TPSA) is 87.2 Å². The van der Waals surface area contributed by atoms with Crippen LogP contribution in [0.15, 0.2) is 91.8 Å². The van der Waals surface area contributed by atoms with Gasteiger partial charge in [0.2, 0.25) is 0 Å². The number of rotatable bonds is 9. The molecule has 0 aliphatic carbocycles. The highest BCUT2D eigenvalue weighted by molar-refractivity contribution is 7.22. The average Bonchev–Trinajstić information content (AvgIpc) is 3.90. The number of hydrogen-bond acceptors (Lipinski definition) is 8. The molecule has 0 fully saturated rings. The highest BCUT2D eigenvalue weighted by Crippen LogP contribution is 2.38. The van der Waals surface area contributed by atoms with Gasteiger partial charge in [-0.05, 0) is 91.8 Å². The molecule has 8 heterocycles. The van der Waals surface area contributed by atoms with Gasteiger partial charge >= 0.3 is 0 Å². The lowest BCUT2D eigenvalue weighted by Crippen LogP contribution is -2.07. The van der Waals surface area contributed by atoms with Crippen LogP contribution in [0.2, 0.25) is 0 Å². The molecular weight excluding hydrogens is 621 g/mol. The fraction of sp³-hybridized carbons (Fsp3) is 0.189. The van der Waals surface area contributed by atoms with Gasteiger partial charge in [0.25, 0.3) is 0 Å². The van der Waals surface area contributed by atoms with E-state index in [0.29, 0.717) is 0 Å². The van der Waals surface area contributed by atoms with Gasteiger partial charge in [-0.15, -0.1) is 22.7 Å². The second kappa shape index (κ2) is 12.3. The van der Waals surface area contributed by atoms with E-state index in [2.05, 4.69) is 60.2 Å². The summed E-state index contributed by atoms with van der Waals surface area (Å²) in [6.45, 7) is 6.36.